The van der Waals surface area contributed by atoms with Crippen molar-refractivity contribution in [2.24, 2.45) is 0 Å². The average Bonchev–Trinajstić information content (AvgIpc) is 2.58. The van der Waals surface area contributed by atoms with Gasteiger partial charge in [0.25, 0.3) is 5.91 Å². The lowest BCUT2D eigenvalue weighted by Gasteiger charge is -2.23. The summed E-state index contributed by atoms with van der Waals surface area (Å²) in [5, 5.41) is 14.4. The molecule has 9 heteroatoms. The van der Waals surface area contributed by atoms with E-state index in [1.165, 1.54) is 18.2 Å². The number of fused-ring (bicyclic) bond motifs is 1. The van der Waals surface area contributed by atoms with Gasteiger partial charge in [0.2, 0.25) is 0 Å². The number of anilines is 2. The largest absolute Gasteiger partial charge is 0.482 e. The quantitative estimate of drug-likeness (QED) is 0.615. The monoisotopic (exact) mass is 359 g/mol. The van der Waals surface area contributed by atoms with E-state index in [0.29, 0.717) is 22.7 Å². The summed E-state index contributed by atoms with van der Waals surface area (Å²) in [4.78, 5) is 30.8. The molecule has 1 aliphatic heterocycles. The minimum Gasteiger partial charge on any atom is -0.482 e. The number of hydrogen-bond acceptors (Lipinski definition) is 5. The third kappa shape index (κ3) is 3.80. The van der Waals surface area contributed by atoms with Crippen molar-refractivity contribution in [1.82, 2.24) is 0 Å². The van der Waals surface area contributed by atoms with E-state index in [-0.39, 0.29) is 18.1 Å². The van der Waals surface area contributed by atoms with E-state index >= 15 is 0 Å². The summed E-state index contributed by atoms with van der Waals surface area (Å²) in [5.74, 6) is -1.17. The Kier molecular flexibility index (Phi) is 4.47. The van der Waals surface area contributed by atoms with Crippen LogP contribution in [0.25, 0.3) is 0 Å². The van der Waals surface area contributed by atoms with Crippen LogP contribution in [0, 0.1) is 11.3 Å². The van der Waals surface area contributed by atoms with Gasteiger partial charge in [-0.15, -0.1) is 0 Å². The molecule has 0 aliphatic carbocycles. The fourth-order valence-electron chi connectivity index (χ4n) is 2.47. The molecule has 0 bridgehead atoms. The van der Waals surface area contributed by atoms with Crippen molar-refractivity contribution in [3.05, 3.63) is 53.6 Å². The number of carbonyl (C=O) groups is 1. The van der Waals surface area contributed by atoms with Gasteiger partial charge in [-0.3, -0.25) is 9.36 Å². The lowest BCUT2D eigenvalue weighted by atomic mass is 10.1. The van der Waals surface area contributed by atoms with Gasteiger partial charge in [-0.2, -0.15) is 5.26 Å². The Morgan fingerprint density at radius 1 is 1.28 bits per heavy atom. The third-order valence-electron chi connectivity index (χ3n) is 3.58. The molecule has 0 radical (unpaired) electrons. The molecule has 3 rings (SSSR count). The molecule has 1 atom stereocenters. The second-order valence-electron chi connectivity index (χ2n) is 5.42. The molecule has 0 fully saturated rings. The number of nitrogens with one attached hydrogen (secondary N) is 2. The summed E-state index contributed by atoms with van der Waals surface area (Å²) >= 11 is 0. The summed E-state index contributed by atoms with van der Waals surface area (Å²) in [6.07, 6.45) is 0. The van der Waals surface area contributed by atoms with Crippen LogP contribution in [-0.2, 0) is 9.36 Å². The molecule has 8 nitrogen and oxygen atoms in total. The van der Waals surface area contributed by atoms with Crippen LogP contribution < -0.4 is 15.4 Å². The normalized spacial score (nSPS) is 14.5. The molecule has 2 aromatic rings. The topological polar surface area (TPSA) is 132 Å². The Labute approximate surface area is 143 Å². The highest BCUT2D eigenvalue weighted by Gasteiger charge is 2.31. The summed E-state index contributed by atoms with van der Waals surface area (Å²) in [7, 11) is -4.57. The number of benzene rings is 2. The van der Waals surface area contributed by atoms with E-state index in [0.717, 1.165) is 0 Å². The van der Waals surface area contributed by atoms with Crippen molar-refractivity contribution in [1.29, 1.82) is 5.26 Å². The highest BCUT2D eigenvalue weighted by molar-refractivity contribution is 7.52. The van der Waals surface area contributed by atoms with Gasteiger partial charge >= 0.3 is 7.60 Å². The Balaban J connectivity index is 1.94. The molecule has 0 saturated carbocycles. The maximum Gasteiger partial charge on any atom is 0.352 e. The van der Waals surface area contributed by atoms with Gasteiger partial charge in [0.05, 0.1) is 17.3 Å². The van der Waals surface area contributed by atoms with Gasteiger partial charge in [-0.1, -0.05) is 12.1 Å². The van der Waals surface area contributed by atoms with Crippen molar-refractivity contribution < 1.29 is 23.9 Å². The third-order valence-corrected chi connectivity index (χ3v) is 4.68. The predicted molar refractivity (Wildman–Crippen MR) is 90.1 cm³/mol. The van der Waals surface area contributed by atoms with Gasteiger partial charge in [0.1, 0.15) is 5.75 Å². The van der Waals surface area contributed by atoms with Gasteiger partial charge in [-0.05, 0) is 35.9 Å². The first-order valence-corrected chi connectivity index (χ1v) is 8.93. The van der Waals surface area contributed by atoms with E-state index in [4.69, 9.17) is 10.00 Å². The molecule has 128 valence electrons. The fraction of sp³-hybridized carbons (Fsp3) is 0.125. The zero-order valence-electron chi connectivity index (χ0n) is 12.8. The first-order chi connectivity index (χ1) is 11.9. The minimum absolute atomic E-state index is 0.0775. The van der Waals surface area contributed by atoms with Gasteiger partial charge in [0.15, 0.2) is 12.4 Å². The number of hydrogen-bond donors (Lipinski definition) is 4. The molecule has 2 aromatic carbocycles. The van der Waals surface area contributed by atoms with E-state index in [9.17, 15) is 19.1 Å². The summed E-state index contributed by atoms with van der Waals surface area (Å²) in [5.41, 5.74) is 1.38. The number of nitrogens with zero attached hydrogens (tertiary/aromatic N) is 1. The van der Waals surface area contributed by atoms with Gasteiger partial charge in [-0.25, -0.2) is 0 Å². The Hall–Kier alpha value is -2.85. The van der Waals surface area contributed by atoms with Crippen LogP contribution in [-0.4, -0.2) is 22.3 Å². The maximum atomic E-state index is 11.9. The molecule has 1 aliphatic rings. The second-order valence-corrected chi connectivity index (χ2v) is 7.12. The van der Waals surface area contributed by atoms with Crippen molar-refractivity contribution in [2.75, 3.05) is 17.2 Å². The Morgan fingerprint density at radius 2 is 2.08 bits per heavy atom. The zero-order chi connectivity index (χ0) is 18.0. The Morgan fingerprint density at radius 3 is 2.80 bits per heavy atom. The summed E-state index contributed by atoms with van der Waals surface area (Å²) < 4.78 is 17.2. The molecule has 4 N–H and O–H groups in total. The number of carbonyl (C=O) groups excluding carboxylic acids is 1. The molecule has 1 amide bonds. The smallest absolute Gasteiger partial charge is 0.352 e. The van der Waals surface area contributed by atoms with Crippen LogP contribution in [0.3, 0.4) is 0 Å². The van der Waals surface area contributed by atoms with E-state index in [1.807, 2.05) is 6.07 Å². The lowest BCUT2D eigenvalue weighted by molar-refractivity contribution is -0.118. The van der Waals surface area contributed by atoms with Crippen molar-refractivity contribution >= 4 is 24.9 Å². The highest BCUT2D eigenvalue weighted by Crippen LogP contribution is 2.52. The highest BCUT2D eigenvalue weighted by atomic mass is 31.2. The lowest BCUT2D eigenvalue weighted by Crippen LogP contribution is -2.25. The maximum absolute atomic E-state index is 11.9. The van der Waals surface area contributed by atoms with E-state index in [2.05, 4.69) is 10.6 Å². The molecule has 1 heterocycles. The van der Waals surface area contributed by atoms with E-state index < -0.39 is 13.4 Å². The zero-order valence-corrected chi connectivity index (χ0v) is 13.7. The van der Waals surface area contributed by atoms with Crippen LogP contribution in [0.5, 0.6) is 5.75 Å². The summed E-state index contributed by atoms with van der Waals surface area (Å²) in [6.45, 7) is -0.0775. The Bertz CT molecular complexity index is 918. The van der Waals surface area contributed by atoms with Gasteiger partial charge in [0, 0.05) is 5.69 Å². The van der Waals surface area contributed by atoms with Crippen LogP contribution in [0.15, 0.2) is 42.5 Å². The molecular weight excluding hydrogens is 345 g/mol. The number of rotatable bonds is 4. The number of ether oxygens (including phenoxy) is 1. The molecule has 0 spiro atoms. The average molecular weight is 359 g/mol. The van der Waals surface area contributed by atoms with Crippen LogP contribution >= 0.6 is 7.60 Å². The minimum atomic E-state index is -4.57. The summed E-state index contributed by atoms with van der Waals surface area (Å²) in [6, 6.07) is 12.7. The van der Waals surface area contributed by atoms with Crippen molar-refractivity contribution in [2.45, 2.75) is 5.78 Å². The van der Waals surface area contributed by atoms with Crippen LogP contribution in [0.1, 0.15) is 16.9 Å². The van der Waals surface area contributed by atoms with Crippen molar-refractivity contribution in [3.8, 4) is 11.8 Å². The standard InChI is InChI=1S/C16H14N3O5P/c17-8-10-2-1-3-11(6-10)16(25(21,22)23)18-12-4-5-14-13(7-12)19-15(20)9-24-14/h1-7,16,18H,9H2,(H,19,20)(H2,21,22,23)/t16-/m1/s1. The first-order valence-electron chi connectivity index (χ1n) is 7.25. The first kappa shape index (κ1) is 17.0. The fourth-order valence-corrected chi connectivity index (χ4v) is 3.34. The number of amides is 1. The van der Waals surface area contributed by atoms with Crippen LogP contribution in [0.2, 0.25) is 0 Å². The van der Waals surface area contributed by atoms with Crippen molar-refractivity contribution in [3.63, 3.8) is 0 Å². The van der Waals surface area contributed by atoms with E-state index in [1.54, 1.807) is 24.3 Å². The predicted octanol–water partition coefficient (Wildman–Crippen LogP) is 2.18. The molecule has 0 saturated heterocycles. The molecule has 0 aromatic heterocycles. The number of nitriles is 1. The molecular formula is C16H14N3O5P. The molecule has 0 unspecified atom stereocenters. The molecule has 25 heavy (non-hydrogen) atoms. The second kappa shape index (κ2) is 6.57. The van der Waals surface area contributed by atoms with Gasteiger partial charge < -0.3 is 25.2 Å². The van der Waals surface area contributed by atoms with Crippen LogP contribution in [0.4, 0.5) is 11.4 Å². The SMILES string of the molecule is N#Cc1cccc([C@H](Nc2ccc3c(c2)NC(=O)CO3)P(=O)(O)O)c1.